The Bertz CT molecular complexity index is 482. The number of hydrogen-bond acceptors (Lipinski definition) is 5. The van der Waals surface area contributed by atoms with Crippen molar-refractivity contribution < 1.29 is 9.59 Å². The summed E-state index contributed by atoms with van der Waals surface area (Å²) in [6.07, 6.45) is 2.18. The Labute approximate surface area is 102 Å². The molecule has 2 heterocycles. The molecule has 2 amide bonds. The van der Waals surface area contributed by atoms with Gasteiger partial charge in [0.15, 0.2) is 0 Å². The van der Waals surface area contributed by atoms with E-state index in [0.717, 1.165) is 30.1 Å². The summed E-state index contributed by atoms with van der Waals surface area (Å²) in [6, 6.07) is 0. The van der Waals surface area contributed by atoms with Gasteiger partial charge in [-0.05, 0) is 24.4 Å². The van der Waals surface area contributed by atoms with E-state index in [2.05, 4.69) is 9.59 Å². The molecule has 2 fully saturated rings. The Morgan fingerprint density at radius 3 is 2.82 bits per heavy atom. The Morgan fingerprint density at radius 1 is 1.47 bits per heavy atom. The number of carbonyl (C=O) groups excluding carboxylic acids is 2. The second-order valence-electron chi connectivity index (χ2n) is 4.50. The zero-order valence-corrected chi connectivity index (χ0v) is 10.2. The molecule has 0 radical (unpaired) electrons. The van der Waals surface area contributed by atoms with E-state index in [1.165, 1.54) is 0 Å². The number of amides is 2. The zero-order valence-electron chi connectivity index (χ0n) is 9.42. The van der Waals surface area contributed by atoms with Crippen LogP contribution in [-0.4, -0.2) is 51.5 Å². The largest absolute Gasteiger partial charge is 0.326 e. The predicted octanol–water partition coefficient (Wildman–Crippen LogP) is 0.287. The molecular weight excluding hydrogens is 240 g/mol. The van der Waals surface area contributed by atoms with Crippen LogP contribution < -0.4 is 0 Å². The van der Waals surface area contributed by atoms with Crippen LogP contribution in [-0.2, 0) is 4.79 Å². The van der Waals surface area contributed by atoms with Crippen molar-refractivity contribution in [2.24, 2.45) is 0 Å². The zero-order chi connectivity index (χ0) is 12.0. The van der Waals surface area contributed by atoms with E-state index in [1.54, 1.807) is 16.8 Å². The molecule has 90 valence electrons. The van der Waals surface area contributed by atoms with Gasteiger partial charge in [-0.1, -0.05) is 4.49 Å². The third-order valence-electron chi connectivity index (χ3n) is 3.09. The fraction of sp³-hybridized carbons (Fsp3) is 0.600. The molecule has 17 heavy (non-hydrogen) atoms. The van der Waals surface area contributed by atoms with Gasteiger partial charge in [-0.15, -0.1) is 5.10 Å². The van der Waals surface area contributed by atoms with Crippen molar-refractivity contribution in [3.8, 4) is 0 Å². The molecule has 1 aromatic heterocycles. The molecule has 0 N–H and O–H groups in total. The monoisotopic (exact) mass is 252 g/mol. The first kappa shape index (κ1) is 10.6. The third kappa shape index (κ3) is 1.80. The summed E-state index contributed by atoms with van der Waals surface area (Å²) >= 11 is 1.13. The van der Waals surface area contributed by atoms with E-state index in [9.17, 15) is 9.59 Å². The quantitative estimate of drug-likeness (QED) is 0.758. The van der Waals surface area contributed by atoms with Crippen molar-refractivity contribution >= 4 is 23.3 Å². The molecule has 1 aliphatic heterocycles. The molecule has 1 aliphatic carbocycles. The third-order valence-corrected chi connectivity index (χ3v) is 3.82. The molecule has 7 heteroatoms. The van der Waals surface area contributed by atoms with E-state index in [4.69, 9.17) is 0 Å². The van der Waals surface area contributed by atoms with Gasteiger partial charge >= 0.3 is 0 Å². The smallest absolute Gasteiger partial charge is 0.269 e. The van der Waals surface area contributed by atoms with Gasteiger partial charge in [0.05, 0.1) is 12.4 Å². The van der Waals surface area contributed by atoms with Crippen LogP contribution in [0.2, 0.25) is 0 Å². The van der Waals surface area contributed by atoms with Crippen LogP contribution in [0.4, 0.5) is 0 Å². The fourth-order valence-electron chi connectivity index (χ4n) is 1.92. The second kappa shape index (κ2) is 3.76. The summed E-state index contributed by atoms with van der Waals surface area (Å²) in [5, 5.41) is 4.03. The lowest BCUT2D eigenvalue weighted by atomic mass is 10.2. The molecular formula is C10H12N4O2S. The van der Waals surface area contributed by atoms with Crippen molar-refractivity contribution in [2.75, 3.05) is 20.3 Å². The summed E-state index contributed by atoms with van der Waals surface area (Å²) in [4.78, 5) is 27.3. The first-order valence-corrected chi connectivity index (χ1v) is 6.29. The Balaban J connectivity index is 1.82. The molecule has 0 atom stereocenters. The highest BCUT2D eigenvalue weighted by Crippen LogP contribution is 2.41. The number of likely N-dealkylation sites (N-methyl/N-ethyl adjacent to an activating group) is 1. The first-order valence-electron chi connectivity index (χ1n) is 5.52. The van der Waals surface area contributed by atoms with Crippen LogP contribution in [0.3, 0.4) is 0 Å². The van der Waals surface area contributed by atoms with Crippen molar-refractivity contribution in [3.63, 3.8) is 0 Å². The van der Waals surface area contributed by atoms with Crippen molar-refractivity contribution in [1.82, 2.24) is 19.4 Å². The standard InChI is InChI=1S/C10H12N4O2S/c1-13-5-14(4-7(13)15)10(16)9-8(6-2-3-6)11-12-17-9/h6H,2-5H2,1H3. The Kier molecular flexibility index (Phi) is 2.36. The van der Waals surface area contributed by atoms with E-state index in [0.29, 0.717) is 17.5 Å². The highest BCUT2D eigenvalue weighted by Gasteiger charge is 2.36. The van der Waals surface area contributed by atoms with Gasteiger partial charge in [-0.2, -0.15) is 0 Å². The van der Waals surface area contributed by atoms with Gasteiger partial charge in [0, 0.05) is 13.0 Å². The Morgan fingerprint density at radius 2 is 2.24 bits per heavy atom. The van der Waals surface area contributed by atoms with Crippen molar-refractivity contribution in [3.05, 3.63) is 10.6 Å². The highest BCUT2D eigenvalue weighted by atomic mass is 32.1. The predicted molar refractivity (Wildman–Crippen MR) is 60.6 cm³/mol. The lowest BCUT2D eigenvalue weighted by Gasteiger charge is -2.13. The highest BCUT2D eigenvalue weighted by molar-refractivity contribution is 7.08. The second-order valence-corrected chi connectivity index (χ2v) is 5.25. The minimum absolute atomic E-state index is 0.0243. The molecule has 2 aliphatic rings. The summed E-state index contributed by atoms with van der Waals surface area (Å²) < 4.78 is 3.86. The summed E-state index contributed by atoms with van der Waals surface area (Å²) in [6.45, 7) is 0.525. The normalized spacial score (nSPS) is 20.2. The average Bonchev–Trinajstić information content (AvgIpc) is 2.94. The molecule has 0 aromatic carbocycles. The number of rotatable bonds is 2. The van der Waals surface area contributed by atoms with E-state index < -0.39 is 0 Å². The van der Waals surface area contributed by atoms with E-state index in [-0.39, 0.29) is 18.4 Å². The summed E-state index contributed by atoms with van der Waals surface area (Å²) in [7, 11) is 1.70. The SMILES string of the molecule is CN1CN(C(=O)c2snnc2C2CC2)CC1=O. The van der Waals surface area contributed by atoms with Crippen LogP contribution in [0.15, 0.2) is 0 Å². The molecule has 3 rings (SSSR count). The van der Waals surface area contributed by atoms with Gasteiger partial charge in [-0.25, -0.2) is 0 Å². The minimum atomic E-state index is -0.111. The number of carbonyl (C=O) groups is 2. The number of nitrogens with zero attached hydrogens (tertiary/aromatic N) is 4. The number of hydrogen-bond donors (Lipinski definition) is 0. The lowest BCUT2D eigenvalue weighted by molar-refractivity contribution is -0.125. The maximum Gasteiger partial charge on any atom is 0.269 e. The van der Waals surface area contributed by atoms with Crippen LogP contribution >= 0.6 is 11.5 Å². The molecule has 0 bridgehead atoms. The topological polar surface area (TPSA) is 66.4 Å². The summed E-state index contributed by atoms with van der Waals surface area (Å²) in [5.41, 5.74) is 0.821. The molecule has 1 aromatic rings. The molecule has 1 saturated carbocycles. The maximum absolute atomic E-state index is 12.2. The van der Waals surface area contributed by atoms with Gasteiger partial charge < -0.3 is 9.80 Å². The average molecular weight is 252 g/mol. The van der Waals surface area contributed by atoms with Crippen LogP contribution in [0.5, 0.6) is 0 Å². The van der Waals surface area contributed by atoms with Gasteiger partial charge in [-0.3, -0.25) is 9.59 Å². The van der Waals surface area contributed by atoms with Crippen molar-refractivity contribution in [2.45, 2.75) is 18.8 Å². The van der Waals surface area contributed by atoms with Gasteiger partial charge in [0.1, 0.15) is 11.4 Å². The van der Waals surface area contributed by atoms with Crippen molar-refractivity contribution in [1.29, 1.82) is 0 Å². The van der Waals surface area contributed by atoms with Crippen LogP contribution in [0.1, 0.15) is 34.1 Å². The lowest BCUT2D eigenvalue weighted by Crippen LogP contribution is -2.30. The molecule has 6 nitrogen and oxygen atoms in total. The fourth-order valence-corrected chi connectivity index (χ4v) is 2.64. The summed E-state index contributed by atoms with van der Waals surface area (Å²) in [5.74, 6) is 0.270. The molecule has 0 spiro atoms. The van der Waals surface area contributed by atoms with Gasteiger partial charge in [0.2, 0.25) is 5.91 Å². The Hall–Kier alpha value is -1.50. The molecule has 0 unspecified atom stereocenters. The number of aromatic nitrogens is 2. The molecule has 1 saturated heterocycles. The van der Waals surface area contributed by atoms with E-state index >= 15 is 0 Å². The van der Waals surface area contributed by atoms with Crippen LogP contribution in [0, 0.1) is 0 Å². The first-order chi connectivity index (χ1) is 8.16. The van der Waals surface area contributed by atoms with Crippen LogP contribution in [0.25, 0.3) is 0 Å². The van der Waals surface area contributed by atoms with E-state index in [1.807, 2.05) is 0 Å². The van der Waals surface area contributed by atoms with Gasteiger partial charge in [0.25, 0.3) is 5.91 Å². The maximum atomic E-state index is 12.2. The minimum Gasteiger partial charge on any atom is -0.326 e.